The van der Waals surface area contributed by atoms with E-state index in [-0.39, 0.29) is 29.9 Å². The maximum atomic E-state index is 11.9. The number of rotatable bonds is 6. The summed E-state index contributed by atoms with van der Waals surface area (Å²) in [6.07, 6.45) is 3.97. The monoisotopic (exact) mass is 561 g/mol. The fourth-order valence-electron chi connectivity index (χ4n) is 4.59. The highest BCUT2D eigenvalue weighted by molar-refractivity contribution is 14.0. The lowest BCUT2D eigenvalue weighted by Gasteiger charge is -2.35. The predicted octanol–water partition coefficient (Wildman–Crippen LogP) is 4.07. The van der Waals surface area contributed by atoms with Crippen molar-refractivity contribution in [2.75, 3.05) is 31.6 Å². The molecule has 178 valence electrons. The van der Waals surface area contributed by atoms with Crippen molar-refractivity contribution >= 4 is 41.5 Å². The summed E-state index contributed by atoms with van der Waals surface area (Å²) in [5, 5.41) is 7.08. The van der Waals surface area contributed by atoms with Crippen molar-refractivity contribution in [2.24, 2.45) is 4.99 Å². The second-order valence-electron chi connectivity index (χ2n) is 8.93. The van der Waals surface area contributed by atoms with Crippen molar-refractivity contribution in [3.05, 3.63) is 65.2 Å². The van der Waals surface area contributed by atoms with Gasteiger partial charge in [0.1, 0.15) is 0 Å². The van der Waals surface area contributed by atoms with Gasteiger partial charge in [0.05, 0.1) is 0 Å². The molecule has 33 heavy (non-hydrogen) atoms. The van der Waals surface area contributed by atoms with E-state index >= 15 is 0 Å². The number of benzene rings is 2. The number of amides is 1. The Bertz CT molecular complexity index is 946. The molecular formula is C26H36IN5O. The first kappa shape index (κ1) is 25.3. The Kier molecular flexibility index (Phi) is 9.41. The number of aliphatic imine (C=N–C) groups is 1. The van der Waals surface area contributed by atoms with Crippen LogP contribution in [-0.2, 0) is 17.9 Å². The van der Waals surface area contributed by atoms with E-state index in [1.54, 1.807) is 0 Å². The van der Waals surface area contributed by atoms with E-state index in [2.05, 4.69) is 76.0 Å². The third-order valence-corrected chi connectivity index (χ3v) is 6.38. The zero-order valence-corrected chi connectivity index (χ0v) is 22.0. The van der Waals surface area contributed by atoms with Crippen LogP contribution in [0.1, 0.15) is 42.4 Å². The van der Waals surface area contributed by atoms with E-state index < -0.39 is 0 Å². The fraction of sp³-hybridized carbons (Fsp3) is 0.462. The molecule has 2 fully saturated rings. The summed E-state index contributed by atoms with van der Waals surface area (Å²) in [5.74, 6) is 1.10. The minimum Gasteiger partial charge on any atom is -0.369 e. The number of aryl methyl sites for hydroxylation is 1. The molecule has 0 aromatic heterocycles. The van der Waals surface area contributed by atoms with Crippen LogP contribution >= 0.6 is 24.0 Å². The van der Waals surface area contributed by atoms with Crippen LogP contribution in [0.5, 0.6) is 0 Å². The van der Waals surface area contributed by atoms with Gasteiger partial charge in [0.15, 0.2) is 5.96 Å². The number of likely N-dealkylation sites (tertiary alicyclic amines) is 1. The van der Waals surface area contributed by atoms with Crippen molar-refractivity contribution in [1.29, 1.82) is 0 Å². The number of carbonyl (C=O) groups excluding carboxylic acids is 1. The number of nitrogens with zero attached hydrogens (tertiary/aromatic N) is 3. The molecule has 7 heteroatoms. The van der Waals surface area contributed by atoms with Crippen LogP contribution in [0.4, 0.5) is 5.69 Å². The largest absolute Gasteiger partial charge is 0.369 e. The number of piperidine rings is 1. The maximum absolute atomic E-state index is 11.9. The van der Waals surface area contributed by atoms with Crippen molar-refractivity contribution < 1.29 is 4.79 Å². The van der Waals surface area contributed by atoms with Crippen LogP contribution in [0, 0.1) is 6.92 Å². The molecule has 1 amide bonds. The fourth-order valence-corrected chi connectivity index (χ4v) is 4.59. The van der Waals surface area contributed by atoms with Gasteiger partial charge in [0.2, 0.25) is 5.91 Å². The Labute approximate surface area is 214 Å². The number of hydrogen-bond acceptors (Lipinski definition) is 3. The van der Waals surface area contributed by atoms with Gasteiger partial charge in [-0.15, -0.1) is 24.0 Å². The summed E-state index contributed by atoms with van der Waals surface area (Å²) in [6.45, 7) is 6.48. The van der Waals surface area contributed by atoms with Crippen LogP contribution < -0.4 is 15.5 Å². The van der Waals surface area contributed by atoms with Crippen molar-refractivity contribution in [2.45, 2.75) is 51.7 Å². The van der Waals surface area contributed by atoms with E-state index in [9.17, 15) is 4.79 Å². The standard InChI is InChI=1S/C26H35N5O.HI/c1-20-10-12-24(13-11-20)30-14-4-8-23(19-30)29-26(27-2)28-17-21-6-3-7-22(16-21)18-31-15-5-9-25(31)32;/h3,6-7,10-13,16,23H,4-5,8-9,14-15,17-19H2,1-2H3,(H2,27,28,29);1H. The van der Waals surface area contributed by atoms with Crippen LogP contribution in [0.2, 0.25) is 0 Å². The molecule has 0 radical (unpaired) electrons. The Morgan fingerprint density at radius 2 is 1.88 bits per heavy atom. The summed E-state index contributed by atoms with van der Waals surface area (Å²) in [6, 6.07) is 17.6. The highest BCUT2D eigenvalue weighted by atomic mass is 127. The number of halogens is 1. The lowest BCUT2D eigenvalue weighted by molar-refractivity contribution is -0.128. The average Bonchev–Trinajstić information content (AvgIpc) is 3.21. The van der Waals surface area contributed by atoms with Gasteiger partial charge < -0.3 is 20.4 Å². The van der Waals surface area contributed by atoms with Gasteiger partial charge in [-0.05, 0) is 49.4 Å². The Morgan fingerprint density at radius 1 is 1.09 bits per heavy atom. The first-order chi connectivity index (χ1) is 15.6. The van der Waals surface area contributed by atoms with E-state index in [0.717, 1.165) is 38.4 Å². The Balaban J connectivity index is 0.00000306. The summed E-state index contributed by atoms with van der Waals surface area (Å²) in [7, 11) is 1.82. The predicted molar refractivity (Wildman–Crippen MR) is 146 cm³/mol. The molecule has 2 saturated heterocycles. The molecule has 0 aliphatic carbocycles. The zero-order valence-electron chi connectivity index (χ0n) is 19.7. The number of hydrogen-bond donors (Lipinski definition) is 2. The number of carbonyl (C=O) groups is 1. The molecule has 6 nitrogen and oxygen atoms in total. The van der Waals surface area contributed by atoms with Crippen molar-refractivity contribution in [3.8, 4) is 0 Å². The van der Waals surface area contributed by atoms with E-state index in [0.29, 0.717) is 25.6 Å². The summed E-state index contributed by atoms with van der Waals surface area (Å²) in [5.41, 5.74) is 4.96. The average molecular weight is 562 g/mol. The van der Waals surface area contributed by atoms with Gasteiger partial charge in [-0.1, -0.05) is 42.0 Å². The highest BCUT2D eigenvalue weighted by Crippen LogP contribution is 2.20. The van der Waals surface area contributed by atoms with Crippen molar-refractivity contribution in [1.82, 2.24) is 15.5 Å². The van der Waals surface area contributed by atoms with Gasteiger partial charge in [-0.3, -0.25) is 9.79 Å². The molecule has 2 aromatic carbocycles. The molecule has 0 bridgehead atoms. The molecule has 0 saturated carbocycles. The summed E-state index contributed by atoms with van der Waals surface area (Å²) >= 11 is 0. The summed E-state index contributed by atoms with van der Waals surface area (Å²) in [4.78, 5) is 20.8. The first-order valence-electron chi connectivity index (χ1n) is 11.7. The van der Waals surface area contributed by atoms with Gasteiger partial charge in [0.25, 0.3) is 0 Å². The molecule has 2 aliphatic heterocycles. The second-order valence-corrected chi connectivity index (χ2v) is 8.93. The quantitative estimate of drug-likeness (QED) is 0.317. The maximum Gasteiger partial charge on any atom is 0.222 e. The minimum atomic E-state index is 0. The van der Waals surface area contributed by atoms with Crippen LogP contribution in [0.25, 0.3) is 0 Å². The van der Waals surface area contributed by atoms with Crippen LogP contribution in [-0.4, -0.2) is 49.5 Å². The lowest BCUT2D eigenvalue weighted by atomic mass is 10.0. The third kappa shape index (κ3) is 7.09. The van der Waals surface area contributed by atoms with E-state index in [1.807, 2.05) is 11.9 Å². The topological polar surface area (TPSA) is 60.0 Å². The summed E-state index contributed by atoms with van der Waals surface area (Å²) < 4.78 is 0. The highest BCUT2D eigenvalue weighted by Gasteiger charge is 2.21. The molecule has 2 heterocycles. The third-order valence-electron chi connectivity index (χ3n) is 6.38. The molecule has 1 atom stereocenters. The molecule has 2 N–H and O–H groups in total. The normalized spacial score (nSPS) is 18.8. The molecule has 4 rings (SSSR count). The van der Waals surface area contributed by atoms with E-state index in [1.165, 1.54) is 28.8 Å². The smallest absolute Gasteiger partial charge is 0.222 e. The molecule has 2 aliphatic rings. The lowest BCUT2D eigenvalue weighted by Crippen LogP contribution is -2.51. The molecular weight excluding hydrogens is 525 g/mol. The number of nitrogens with one attached hydrogen (secondary N) is 2. The van der Waals surface area contributed by atoms with Gasteiger partial charge >= 0.3 is 0 Å². The molecule has 2 aromatic rings. The molecule has 1 unspecified atom stereocenters. The van der Waals surface area contributed by atoms with E-state index in [4.69, 9.17) is 0 Å². The van der Waals surface area contributed by atoms with Gasteiger partial charge in [-0.25, -0.2) is 0 Å². The number of anilines is 1. The molecule has 0 spiro atoms. The van der Waals surface area contributed by atoms with Crippen molar-refractivity contribution in [3.63, 3.8) is 0 Å². The zero-order chi connectivity index (χ0) is 22.3. The first-order valence-corrected chi connectivity index (χ1v) is 11.7. The number of guanidine groups is 1. The second kappa shape index (κ2) is 12.3. The van der Waals surface area contributed by atoms with Crippen LogP contribution in [0.3, 0.4) is 0 Å². The van der Waals surface area contributed by atoms with Gasteiger partial charge in [0, 0.05) is 57.9 Å². The van der Waals surface area contributed by atoms with Crippen LogP contribution in [0.15, 0.2) is 53.5 Å². The van der Waals surface area contributed by atoms with Gasteiger partial charge in [-0.2, -0.15) is 0 Å². The Morgan fingerprint density at radius 3 is 2.61 bits per heavy atom. The SMILES string of the molecule is CN=C(NCc1cccc(CN2CCCC2=O)c1)NC1CCCN(c2ccc(C)cc2)C1.I. The minimum absolute atomic E-state index is 0. The Hall–Kier alpha value is -2.29.